The van der Waals surface area contributed by atoms with Crippen molar-refractivity contribution in [3.63, 3.8) is 0 Å². The number of benzene rings is 3. The molecule has 0 saturated carbocycles. The van der Waals surface area contributed by atoms with Crippen molar-refractivity contribution in [3.05, 3.63) is 107 Å². The first-order chi connectivity index (χ1) is 14.7. The van der Waals surface area contributed by atoms with E-state index in [1.165, 1.54) is 6.07 Å². The Morgan fingerprint density at radius 2 is 1.48 bits per heavy atom. The van der Waals surface area contributed by atoms with Gasteiger partial charge in [0.1, 0.15) is 11.4 Å². The van der Waals surface area contributed by atoms with E-state index in [-0.39, 0.29) is 12.2 Å². The normalized spacial score (nSPS) is 12.2. The lowest BCUT2D eigenvalue weighted by Gasteiger charge is -2.23. The van der Waals surface area contributed by atoms with Crippen molar-refractivity contribution < 1.29 is 13.9 Å². The molecule has 0 saturated heterocycles. The number of nitrogens with zero attached hydrogens (tertiary/aromatic N) is 1. The Morgan fingerprint density at radius 1 is 0.935 bits per heavy atom. The van der Waals surface area contributed by atoms with Gasteiger partial charge in [-0.1, -0.05) is 72.8 Å². The fourth-order valence-corrected chi connectivity index (χ4v) is 3.24. The second-order valence-electron chi connectivity index (χ2n) is 8.56. The Bertz CT molecular complexity index is 1010. The van der Waals surface area contributed by atoms with Crippen molar-refractivity contribution in [2.45, 2.75) is 45.8 Å². The molecule has 0 amide bonds. The number of rotatable bonds is 6. The molecule has 0 aliphatic heterocycles. The Hall–Kier alpha value is -3.27. The highest BCUT2D eigenvalue weighted by Gasteiger charge is 2.27. The van der Waals surface area contributed by atoms with Gasteiger partial charge in [-0.2, -0.15) is 0 Å². The Kier molecular flexibility index (Phi) is 7.01. The molecule has 160 valence electrons. The summed E-state index contributed by atoms with van der Waals surface area (Å²) in [6.07, 6.45) is 0.115. The van der Waals surface area contributed by atoms with Crippen molar-refractivity contribution in [2.75, 3.05) is 0 Å². The number of hydrogen-bond acceptors (Lipinski definition) is 3. The molecule has 3 aromatic carbocycles. The molecule has 0 unspecified atom stereocenters. The summed E-state index contributed by atoms with van der Waals surface area (Å²) in [5.41, 5.74) is 3.03. The van der Waals surface area contributed by atoms with Crippen LogP contribution in [0, 0.1) is 12.7 Å². The predicted octanol–water partition coefficient (Wildman–Crippen LogP) is 5.92. The number of esters is 1. The molecule has 0 heterocycles. The summed E-state index contributed by atoms with van der Waals surface area (Å²) in [6, 6.07) is 23.5. The summed E-state index contributed by atoms with van der Waals surface area (Å²) in [6.45, 7) is 7.27. The van der Waals surface area contributed by atoms with Crippen LogP contribution < -0.4 is 0 Å². The van der Waals surface area contributed by atoms with E-state index in [2.05, 4.69) is 0 Å². The molecule has 1 atom stereocenters. The maximum Gasteiger partial charge on any atom is 0.331 e. The van der Waals surface area contributed by atoms with Crippen LogP contribution in [0.15, 0.2) is 83.9 Å². The highest BCUT2D eigenvalue weighted by molar-refractivity contribution is 6.13. The molecule has 4 heteroatoms. The number of hydrogen-bond donors (Lipinski definition) is 0. The van der Waals surface area contributed by atoms with Crippen LogP contribution in [0.1, 0.15) is 43.0 Å². The summed E-state index contributed by atoms with van der Waals surface area (Å²) in [5.74, 6) is -0.818. The van der Waals surface area contributed by atoms with E-state index >= 15 is 0 Å². The summed E-state index contributed by atoms with van der Waals surface area (Å²) in [5, 5.41) is 0. The minimum Gasteiger partial charge on any atom is -0.458 e. The van der Waals surface area contributed by atoms with Gasteiger partial charge in [-0.3, -0.25) is 4.99 Å². The van der Waals surface area contributed by atoms with E-state index in [1.807, 2.05) is 94.4 Å². The summed E-state index contributed by atoms with van der Waals surface area (Å²) < 4.78 is 20.2. The third kappa shape index (κ3) is 6.35. The third-order valence-electron chi connectivity index (χ3n) is 4.68. The van der Waals surface area contributed by atoms with Gasteiger partial charge in [0.05, 0.1) is 5.71 Å². The molecule has 3 nitrogen and oxygen atoms in total. The van der Waals surface area contributed by atoms with E-state index in [0.29, 0.717) is 11.3 Å². The monoisotopic (exact) mass is 416 g/mol. The molecule has 3 aromatic rings. The maximum absolute atomic E-state index is 14.6. The van der Waals surface area contributed by atoms with E-state index in [4.69, 9.17) is 9.73 Å². The molecule has 0 bridgehead atoms. The quantitative estimate of drug-likeness (QED) is 0.369. The van der Waals surface area contributed by atoms with Gasteiger partial charge < -0.3 is 4.74 Å². The van der Waals surface area contributed by atoms with Crippen LogP contribution in [0.4, 0.5) is 4.39 Å². The molecule has 0 aliphatic carbocycles. The van der Waals surface area contributed by atoms with Crippen LogP contribution in [0.2, 0.25) is 0 Å². The molecule has 0 fully saturated rings. The van der Waals surface area contributed by atoms with Gasteiger partial charge in [0.15, 0.2) is 6.04 Å². The summed E-state index contributed by atoms with van der Waals surface area (Å²) >= 11 is 0. The van der Waals surface area contributed by atoms with Crippen molar-refractivity contribution in [3.8, 4) is 0 Å². The van der Waals surface area contributed by atoms with Crippen LogP contribution >= 0.6 is 0 Å². The van der Waals surface area contributed by atoms with Crippen molar-refractivity contribution in [2.24, 2.45) is 4.99 Å². The highest BCUT2D eigenvalue weighted by atomic mass is 18.2. The zero-order valence-corrected chi connectivity index (χ0v) is 18.4. The minimum absolute atomic E-state index is 0.115. The average Bonchev–Trinajstić information content (AvgIpc) is 2.72. The smallest absolute Gasteiger partial charge is 0.331 e. The van der Waals surface area contributed by atoms with Crippen LogP contribution in [0.25, 0.3) is 0 Å². The van der Waals surface area contributed by atoms with Gasteiger partial charge in [0, 0.05) is 17.5 Å². The van der Waals surface area contributed by atoms with Gasteiger partial charge in [0.2, 0.25) is 0 Å². The first kappa shape index (κ1) is 22.4. The van der Waals surface area contributed by atoms with Gasteiger partial charge in [0.25, 0.3) is 0 Å². The van der Waals surface area contributed by atoms with Crippen LogP contribution in [0.3, 0.4) is 0 Å². The van der Waals surface area contributed by atoms with Crippen LogP contribution in [-0.4, -0.2) is 23.3 Å². The van der Waals surface area contributed by atoms with Gasteiger partial charge >= 0.3 is 5.97 Å². The fraction of sp³-hybridized carbons (Fsp3) is 0.259. The lowest BCUT2D eigenvalue weighted by molar-refractivity contribution is -0.156. The largest absolute Gasteiger partial charge is 0.458 e. The number of carbonyl (C=O) groups excluding carboxylic acids is 1. The maximum atomic E-state index is 14.6. The van der Waals surface area contributed by atoms with E-state index in [9.17, 15) is 9.18 Å². The summed E-state index contributed by atoms with van der Waals surface area (Å²) in [4.78, 5) is 17.9. The number of ether oxygens (including phenoxy) is 1. The zero-order chi connectivity index (χ0) is 22.4. The predicted molar refractivity (Wildman–Crippen MR) is 123 cm³/mol. The van der Waals surface area contributed by atoms with Gasteiger partial charge in [-0.15, -0.1) is 0 Å². The zero-order valence-electron chi connectivity index (χ0n) is 18.4. The average molecular weight is 417 g/mol. The molecule has 0 aliphatic rings. The molecular formula is C27H28FNO2. The number of halogens is 1. The molecular weight excluding hydrogens is 388 g/mol. The van der Waals surface area contributed by atoms with Crippen molar-refractivity contribution >= 4 is 11.7 Å². The third-order valence-corrected chi connectivity index (χ3v) is 4.68. The number of aliphatic imine (C=N–C) groups is 1. The molecule has 0 aromatic heterocycles. The fourth-order valence-electron chi connectivity index (χ4n) is 3.24. The van der Waals surface area contributed by atoms with Gasteiger partial charge in [-0.25, -0.2) is 9.18 Å². The number of aryl methyl sites for hydroxylation is 1. The van der Waals surface area contributed by atoms with Crippen molar-refractivity contribution in [1.82, 2.24) is 0 Å². The minimum atomic E-state index is -0.883. The second kappa shape index (κ2) is 9.69. The van der Waals surface area contributed by atoms with E-state index in [1.54, 1.807) is 6.07 Å². The second-order valence-corrected chi connectivity index (χ2v) is 8.56. The lowest BCUT2D eigenvalue weighted by atomic mass is 10.00. The molecule has 0 radical (unpaired) electrons. The van der Waals surface area contributed by atoms with E-state index in [0.717, 1.165) is 16.7 Å². The summed E-state index contributed by atoms with van der Waals surface area (Å²) in [7, 11) is 0. The first-order valence-electron chi connectivity index (χ1n) is 10.4. The first-order valence-corrected chi connectivity index (χ1v) is 10.4. The number of carbonyl (C=O) groups is 1. The lowest BCUT2D eigenvalue weighted by Crippen LogP contribution is -2.33. The van der Waals surface area contributed by atoms with Gasteiger partial charge in [-0.05, 0) is 44.9 Å². The molecule has 0 N–H and O–H groups in total. The highest BCUT2D eigenvalue weighted by Crippen LogP contribution is 2.19. The molecule has 3 rings (SSSR count). The Balaban J connectivity index is 2.08. The standard InChI is InChI=1S/C27H28FNO2/c1-19-15-16-22(23(28)17-19)18-24(26(30)31-27(2,3)4)29-25(20-11-7-5-8-12-20)21-13-9-6-10-14-21/h5-17,24H,18H2,1-4H3/t24-/m1/s1/i28-1. The topological polar surface area (TPSA) is 38.7 Å². The Morgan fingerprint density at radius 3 is 1.97 bits per heavy atom. The SMILES string of the molecule is Cc1ccc(C[C@@H](N=C(c2ccccc2)c2ccccc2)C(=O)OC(C)(C)C)c([18F])c1. The van der Waals surface area contributed by atoms with Crippen LogP contribution in [-0.2, 0) is 16.0 Å². The van der Waals surface area contributed by atoms with E-state index < -0.39 is 17.6 Å². The molecule has 0 spiro atoms. The molecule has 31 heavy (non-hydrogen) atoms. The van der Waals surface area contributed by atoms with Crippen molar-refractivity contribution in [1.29, 1.82) is 0 Å². The van der Waals surface area contributed by atoms with Crippen LogP contribution in [0.5, 0.6) is 0 Å². The Labute approximate surface area is 183 Å².